The lowest BCUT2D eigenvalue weighted by Crippen LogP contribution is -2.00. The summed E-state index contributed by atoms with van der Waals surface area (Å²) in [6.07, 6.45) is 0. The molecular formula is C60H38N4. The van der Waals surface area contributed by atoms with Crippen LogP contribution in [0.4, 0.5) is 0 Å². The van der Waals surface area contributed by atoms with Crippen molar-refractivity contribution in [1.82, 2.24) is 19.9 Å². The Labute approximate surface area is 370 Å². The second-order valence-electron chi connectivity index (χ2n) is 16.2. The number of hydrogen-bond donors (Lipinski definition) is 0. The molecule has 0 atom stereocenters. The number of aromatic nitrogens is 4. The molecule has 0 aliphatic rings. The van der Waals surface area contributed by atoms with Gasteiger partial charge in [-0.3, -0.25) is 0 Å². The molecule has 0 fully saturated rings. The van der Waals surface area contributed by atoms with E-state index in [9.17, 15) is 0 Å². The lowest BCUT2D eigenvalue weighted by molar-refractivity contribution is 1.07. The zero-order valence-electron chi connectivity index (χ0n) is 34.7. The summed E-state index contributed by atoms with van der Waals surface area (Å²) in [6.45, 7) is 0. The molecule has 0 N–H and O–H groups in total. The Balaban J connectivity index is 1.01. The third-order valence-electron chi connectivity index (χ3n) is 12.3. The zero-order valence-corrected chi connectivity index (χ0v) is 34.7. The Bertz CT molecular complexity index is 3670. The summed E-state index contributed by atoms with van der Waals surface area (Å²) in [4.78, 5) is 20.3. The molecule has 0 saturated carbocycles. The highest BCUT2D eigenvalue weighted by Crippen LogP contribution is 2.46. The van der Waals surface area contributed by atoms with E-state index in [0.29, 0.717) is 17.5 Å². The quantitative estimate of drug-likeness (QED) is 0.150. The van der Waals surface area contributed by atoms with E-state index in [4.69, 9.17) is 19.9 Å². The molecule has 12 aromatic rings. The average molecular weight is 815 g/mol. The number of benzene rings is 10. The first kappa shape index (κ1) is 37.2. The standard InChI is InChI=1S/C60H38N4/c1-3-17-41(18-4-1)58-62-59(42-19-5-2-6-20-42)64-60(63-58)49-24-13-23-45(37-49)54-27-14-28-55(61-54)46-33-34-52-53(38-46)57(48-32-30-40-16-8-10-22-44(40)36-48)51-26-12-11-25-50(51)56(52)47-31-29-39-15-7-9-21-43(39)35-47/h1-38H. The Kier molecular flexibility index (Phi) is 9.12. The molecule has 0 aliphatic carbocycles. The van der Waals surface area contributed by atoms with Gasteiger partial charge >= 0.3 is 0 Å². The van der Waals surface area contributed by atoms with E-state index < -0.39 is 0 Å². The summed E-state index contributed by atoms with van der Waals surface area (Å²) in [5.41, 5.74) is 11.4. The minimum absolute atomic E-state index is 0.607. The van der Waals surface area contributed by atoms with E-state index in [1.165, 1.54) is 65.3 Å². The fourth-order valence-electron chi connectivity index (χ4n) is 9.16. The van der Waals surface area contributed by atoms with Crippen molar-refractivity contribution >= 4 is 43.1 Å². The first-order chi connectivity index (χ1) is 31.7. The molecule has 0 aliphatic heterocycles. The van der Waals surface area contributed by atoms with Crippen molar-refractivity contribution in [3.63, 3.8) is 0 Å². The van der Waals surface area contributed by atoms with Crippen LogP contribution in [0.25, 0.3) is 122 Å². The van der Waals surface area contributed by atoms with Crippen LogP contribution in [0.15, 0.2) is 231 Å². The van der Waals surface area contributed by atoms with Crippen LogP contribution < -0.4 is 0 Å². The number of hydrogen-bond acceptors (Lipinski definition) is 4. The predicted molar refractivity (Wildman–Crippen MR) is 266 cm³/mol. The second kappa shape index (κ2) is 15.7. The molecular weight excluding hydrogens is 777 g/mol. The molecule has 0 saturated heterocycles. The molecule has 0 bridgehead atoms. The summed E-state index contributed by atoms with van der Waals surface area (Å²) in [5, 5.41) is 9.72. The van der Waals surface area contributed by atoms with Crippen molar-refractivity contribution in [2.24, 2.45) is 0 Å². The second-order valence-corrected chi connectivity index (χ2v) is 16.2. The fourth-order valence-corrected chi connectivity index (χ4v) is 9.16. The van der Waals surface area contributed by atoms with E-state index in [2.05, 4.69) is 170 Å². The van der Waals surface area contributed by atoms with Gasteiger partial charge in [0.2, 0.25) is 0 Å². The van der Waals surface area contributed by atoms with Gasteiger partial charge in [-0.1, -0.05) is 194 Å². The smallest absolute Gasteiger partial charge is 0.164 e. The maximum Gasteiger partial charge on any atom is 0.164 e. The SMILES string of the molecule is c1ccc(-c2nc(-c3ccccc3)nc(-c3cccc(-c4cccc(-c5ccc6c(-c7ccc8ccccc8c7)c7ccccc7c(-c7ccc8ccccc8c7)c6c5)n4)c3)n2)cc1. The van der Waals surface area contributed by atoms with E-state index in [1.54, 1.807) is 0 Å². The first-order valence-corrected chi connectivity index (χ1v) is 21.6. The molecule has 64 heavy (non-hydrogen) atoms. The van der Waals surface area contributed by atoms with Gasteiger partial charge in [-0.15, -0.1) is 0 Å². The molecule has 0 unspecified atom stereocenters. The molecule has 4 nitrogen and oxygen atoms in total. The lowest BCUT2D eigenvalue weighted by Gasteiger charge is -2.19. The monoisotopic (exact) mass is 814 g/mol. The van der Waals surface area contributed by atoms with Crippen LogP contribution in [0.3, 0.4) is 0 Å². The van der Waals surface area contributed by atoms with Gasteiger partial charge in [0.15, 0.2) is 17.5 Å². The van der Waals surface area contributed by atoms with Crippen molar-refractivity contribution in [3.8, 4) is 78.9 Å². The molecule has 10 aromatic carbocycles. The number of rotatable bonds is 7. The maximum atomic E-state index is 5.35. The van der Waals surface area contributed by atoms with E-state index in [-0.39, 0.29) is 0 Å². The van der Waals surface area contributed by atoms with Crippen molar-refractivity contribution in [1.29, 1.82) is 0 Å². The van der Waals surface area contributed by atoms with E-state index in [1.807, 2.05) is 60.7 Å². The van der Waals surface area contributed by atoms with Crippen LogP contribution in [0.1, 0.15) is 0 Å². The van der Waals surface area contributed by atoms with Crippen molar-refractivity contribution in [3.05, 3.63) is 231 Å². The van der Waals surface area contributed by atoms with Crippen molar-refractivity contribution < 1.29 is 0 Å². The number of fused-ring (bicyclic) bond motifs is 4. The topological polar surface area (TPSA) is 51.6 Å². The Morgan fingerprint density at radius 3 is 1.19 bits per heavy atom. The van der Waals surface area contributed by atoms with Gasteiger partial charge in [-0.05, 0) is 102 Å². The highest BCUT2D eigenvalue weighted by molar-refractivity contribution is 6.22. The molecule has 12 rings (SSSR count). The lowest BCUT2D eigenvalue weighted by atomic mass is 9.84. The molecule has 2 aromatic heterocycles. The summed E-state index contributed by atoms with van der Waals surface area (Å²) < 4.78 is 0. The van der Waals surface area contributed by atoms with Gasteiger partial charge in [-0.2, -0.15) is 0 Å². The van der Waals surface area contributed by atoms with Crippen LogP contribution in [0, 0.1) is 0 Å². The zero-order chi connectivity index (χ0) is 42.4. The number of nitrogens with zero attached hydrogens (tertiary/aromatic N) is 4. The molecule has 4 heteroatoms. The van der Waals surface area contributed by atoms with E-state index >= 15 is 0 Å². The van der Waals surface area contributed by atoms with E-state index in [0.717, 1.165) is 39.2 Å². The average Bonchev–Trinajstić information content (AvgIpc) is 3.38. The molecule has 298 valence electrons. The van der Waals surface area contributed by atoms with Crippen LogP contribution in [-0.2, 0) is 0 Å². The normalized spacial score (nSPS) is 11.4. The third kappa shape index (κ3) is 6.75. The summed E-state index contributed by atoms with van der Waals surface area (Å²) >= 11 is 0. The highest BCUT2D eigenvalue weighted by atomic mass is 15.0. The first-order valence-electron chi connectivity index (χ1n) is 21.6. The molecule has 0 radical (unpaired) electrons. The molecule has 2 heterocycles. The Morgan fingerprint density at radius 2 is 0.609 bits per heavy atom. The largest absolute Gasteiger partial charge is 0.248 e. The van der Waals surface area contributed by atoms with Crippen molar-refractivity contribution in [2.75, 3.05) is 0 Å². The maximum absolute atomic E-state index is 5.35. The van der Waals surface area contributed by atoms with Crippen LogP contribution in [-0.4, -0.2) is 19.9 Å². The number of pyridine rings is 1. The van der Waals surface area contributed by atoms with Crippen LogP contribution in [0.5, 0.6) is 0 Å². The molecule has 0 amide bonds. The van der Waals surface area contributed by atoms with Crippen LogP contribution in [0.2, 0.25) is 0 Å². The summed E-state index contributed by atoms with van der Waals surface area (Å²) in [6, 6.07) is 81.4. The summed E-state index contributed by atoms with van der Waals surface area (Å²) in [5.74, 6) is 1.87. The Morgan fingerprint density at radius 1 is 0.203 bits per heavy atom. The minimum Gasteiger partial charge on any atom is -0.248 e. The Hall–Kier alpha value is -8.60. The highest BCUT2D eigenvalue weighted by Gasteiger charge is 2.19. The van der Waals surface area contributed by atoms with Gasteiger partial charge in [0.05, 0.1) is 11.4 Å². The van der Waals surface area contributed by atoms with Crippen molar-refractivity contribution in [2.45, 2.75) is 0 Å². The van der Waals surface area contributed by atoms with Gasteiger partial charge < -0.3 is 0 Å². The minimum atomic E-state index is 0.607. The van der Waals surface area contributed by atoms with Gasteiger partial charge in [0, 0.05) is 27.8 Å². The van der Waals surface area contributed by atoms with Gasteiger partial charge in [0.25, 0.3) is 0 Å². The fraction of sp³-hybridized carbons (Fsp3) is 0. The van der Waals surface area contributed by atoms with Crippen LogP contribution >= 0.6 is 0 Å². The predicted octanol–water partition coefficient (Wildman–Crippen LogP) is 15.5. The summed E-state index contributed by atoms with van der Waals surface area (Å²) in [7, 11) is 0. The third-order valence-corrected chi connectivity index (χ3v) is 12.3. The van der Waals surface area contributed by atoms with Gasteiger partial charge in [0.1, 0.15) is 0 Å². The molecule has 0 spiro atoms. The van der Waals surface area contributed by atoms with Gasteiger partial charge in [-0.25, -0.2) is 19.9 Å².